The lowest BCUT2D eigenvalue weighted by Crippen LogP contribution is -2.41. The van der Waals surface area contributed by atoms with Crippen LogP contribution in [-0.4, -0.2) is 6.04 Å². The van der Waals surface area contributed by atoms with Gasteiger partial charge in [-0.25, -0.2) is 0 Å². The van der Waals surface area contributed by atoms with E-state index in [1.54, 1.807) is 0 Å². The molecule has 1 aliphatic carbocycles. The van der Waals surface area contributed by atoms with Crippen molar-refractivity contribution < 1.29 is 0 Å². The van der Waals surface area contributed by atoms with Crippen LogP contribution in [-0.2, 0) is 6.42 Å². The molecule has 1 aromatic rings. The maximum absolute atomic E-state index is 5.74. The summed E-state index contributed by atoms with van der Waals surface area (Å²) in [4.78, 5) is 0. The van der Waals surface area contributed by atoms with E-state index in [-0.39, 0.29) is 0 Å². The number of hydrogen-bond donors (Lipinski definition) is 2. The lowest BCUT2D eigenvalue weighted by molar-refractivity contribution is 0.361. The zero-order valence-electron chi connectivity index (χ0n) is 11.0. The molecule has 0 radical (unpaired) electrons. The molecule has 0 spiro atoms. The highest BCUT2D eigenvalue weighted by Gasteiger charge is 2.24. The number of hydrogen-bond acceptors (Lipinski definition) is 2. The molecule has 0 saturated heterocycles. The van der Waals surface area contributed by atoms with Crippen molar-refractivity contribution in [1.82, 2.24) is 5.43 Å². The monoisotopic (exact) mass is 232 g/mol. The largest absolute Gasteiger partial charge is 0.271 e. The molecule has 1 aromatic carbocycles. The molecule has 0 bridgehead atoms. The molecule has 94 valence electrons. The van der Waals surface area contributed by atoms with Gasteiger partial charge >= 0.3 is 0 Å². The van der Waals surface area contributed by atoms with Crippen molar-refractivity contribution in [3.8, 4) is 0 Å². The van der Waals surface area contributed by atoms with E-state index in [9.17, 15) is 0 Å². The molecule has 17 heavy (non-hydrogen) atoms. The molecule has 1 unspecified atom stereocenters. The standard InChI is InChI=1S/C15H24N2/c1-11-7-8-12(2)14(9-11)10-15(17-16)13-5-3-4-6-13/h7-9,13,15,17H,3-6,10,16H2,1-2H3. The van der Waals surface area contributed by atoms with Crippen LogP contribution in [0.2, 0.25) is 0 Å². The van der Waals surface area contributed by atoms with Gasteiger partial charge in [0.05, 0.1) is 0 Å². The predicted molar refractivity (Wildman–Crippen MR) is 72.7 cm³/mol. The topological polar surface area (TPSA) is 38.0 Å². The number of rotatable bonds is 4. The fraction of sp³-hybridized carbons (Fsp3) is 0.600. The van der Waals surface area contributed by atoms with Gasteiger partial charge in [-0.15, -0.1) is 0 Å². The van der Waals surface area contributed by atoms with Gasteiger partial charge in [0, 0.05) is 6.04 Å². The molecule has 0 aliphatic heterocycles. The summed E-state index contributed by atoms with van der Waals surface area (Å²) in [5, 5.41) is 0. The van der Waals surface area contributed by atoms with E-state index < -0.39 is 0 Å². The fourth-order valence-electron chi connectivity index (χ4n) is 2.98. The molecule has 3 N–H and O–H groups in total. The zero-order chi connectivity index (χ0) is 12.3. The Balaban J connectivity index is 2.09. The van der Waals surface area contributed by atoms with Crippen LogP contribution in [0.5, 0.6) is 0 Å². The third-order valence-corrected chi connectivity index (χ3v) is 4.13. The minimum absolute atomic E-state index is 0.443. The SMILES string of the molecule is Cc1ccc(C)c(CC(NN)C2CCCC2)c1. The number of benzene rings is 1. The van der Waals surface area contributed by atoms with Gasteiger partial charge in [0.2, 0.25) is 0 Å². The predicted octanol–water partition coefficient (Wildman–Crippen LogP) is 2.87. The Hall–Kier alpha value is -0.860. The Morgan fingerprint density at radius 2 is 2.00 bits per heavy atom. The van der Waals surface area contributed by atoms with E-state index in [4.69, 9.17) is 5.84 Å². The summed E-state index contributed by atoms with van der Waals surface area (Å²) in [7, 11) is 0. The van der Waals surface area contributed by atoms with Crippen molar-refractivity contribution in [2.45, 2.75) is 52.0 Å². The lowest BCUT2D eigenvalue weighted by Gasteiger charge is -2.23. The van der Waals surface area contributed by atoms with E-state index in [2.05, 4.69) is 37.5 Å². The minimum Gasteiger partial charge on any atom is -0.271 e. The van der Waals surface area contributed by atoms with Crippen molar-refractivity contribution >= 4 is 0 Å². The number of hydrazine groups is 1. The maximum atomic E-state index is 5.74. The van der Waals surface area contributed by atoms with Crippen LogP contribution in [0.4, 0.5) is 0 Å². The summed E-state index contributed by atoms with van der Waals surface area (Å²) in [6.45, 7) is 4.35. The average Bonchev–Trinajstić information content (AvgIpc) is 2.84. The van der Waals surface area contributed by atoms with Gasteiger partial charge in [0.1, 0.15) is 0 Å². The van der Waals surface area contributed by atoms with Crippen molar-refractivity contribution in [3.05, 3.63) is 34.9 Å². The smallest absolute Gasteiger partial charge is 0.0279 e. The number of nitrogens with two attached hydrogens (primary N) is 1. The second-order valence-electron chi connectivity index (χ2n) is 5.45. The van der Waals surface area contributed by atoms with Gasteiger partial charge in [0.25, 0.3) is 0 Å². The van der Waals surface area contributed by atoms with Crippen LogP contribution in [0.1, 0.15) is 42.4 Å². The van der Waals surface area contributed by atoms with Crippen LogP contribution in [0.25, 0.3) is 0 Å². The third-order valence-electron chi connectivity index (χ3n) is 4.13. The van der Waals surface area contributed by atoms with Crippen LogP contribution in [0.15, 0.2) is 18.2 Å². The molecule has 1 fully saturated rings. The van der Waals surface area contributed by atoms with E-state index >= 15 is 0 Å². The second kappa shape index (κ2) is 5.65. The van der Waals surface area contributed by atoms with Gasteiger partial charge in [0.15, 0.2) is 0 Å². The first-order valence-electron chi connectivity index (χ1n) is 6.73. The van der Waals surface area contributed by atoms with Crippen LogP contribution in [0.3, 0.4) is 0 Å². The van der Waals surface area contributed by atoms with E-state index in [0.717, 1.165) is 12.3 Å². The van der Waals surface area contributed by atoms with Gasteiger partial charge in [-0.3, -0.25) is 11.3 Å². The first-order chi connectivity index (χ1) is 8.20. The normalized spacial score (nSPS) is 18.5. The highest BCUT2D eigenvalue weighted by Crippen LogP contribution is 2.29. The van der Waals surface area contributed by atoms with Crippen molar-refractivity contribution in [2.24, 2.45) is 11.8 Å². The number of aryl methyl sites for hydroxylation is 2. The molecule has 0 aromatic heterocycles. The number of nitrogens with one attached hydrogen (secondary N) is 1. The highest BCUT2D eigenvalue weighted by atomic mass is 15.2. The summed E-state index contributed by atoms with van der Waals surface area (Å²) >= 11 is 0. The Bertz CT molecular complexity index is 367. The van der Waals surface area contributed by atoms with E-state index in [0.29, 0.717) is 6.04 Å². The van der Waals surface area contributed by atoms with Crippen molar-refractivity contribution in [2.75, 3.05) is 0 Å². The molecule has 0 heterocycles. The highest BCUT2D eigenvalue weighted by molar-refractivity contribution is 5.31. The molecule has 2 nitrogen and oxygen atoms in total. The molecule has 1 aliphatic rings. The van der Waals surface area contributed by atoms with Gasteiger partial charge in [-0.2, -0.15) is 0 Å². The summed E-state index contributed by atoms with van der Waals surface area (Å²) in [5.41, 5.74) is 7.21. The van der Waals surface area contributed by atoms with Crippen molar-refractivity contribution in [3.63, 3.8) is 0 Å². The summed E-state index contributed by atoms with van der Waals surface area (Å²) < 4.78 is 0. The molecule has 2 rings (SSSR count). The summed E-state index contributed by atoms with van der Waals surface area (Å²) in [6.07, 6.45) is 6.47. The molecule has 0 amide bonds. The Kier molecular flexibility index (Phi) is 4.19. The average molecular weight is 232 g/mol. The van der Waals surface area contributed by atoms with E-state index in [1.807, 2.05) is 0 Å². The Morgan fingerprint density at radius 3 is 2.65 bits per heavy atom. The fourth-order valence-corrected chi connectivity index (χ4v) is 2.98. The van der Waals surface area contributed by atoms with E-state index in [1.165, 1.54) is 42.4 Å². The van der Waals surface area contributed by atoms with Crippen LogP contribution >= 0.6 is 0 Å². The first-order valence-corrected chi connectivity index (χ1v) is 6.73. The minimum atomic E-state index is 0.443. The first kappa shape index (κ1) is 12.6. The maximum Gasteiger partial charge on any atom is 0.0279 e. The van der Waals surface area contributed by atoms with Crippen LogP contribution < -0.4 is 11.3 Å². The Labute approximate surface area is 105 Å². The van der Waals surface area contributed by atoms with Gasteiger partial charge in [-0.1, -0.05) is 36.6 Å². The molecule has 1 atom stereocenters. The summed E-state index contributed by atoms with van der Waals surface area (Å²) in [6, 6.07) is 7.14. The Morgan fingerprint density at radius 1 is 1.29 bits per heavy atom. The van der Waals surface area contributed by atoms with Gasteiger partial charge < -0.3 is 0 Å². The van der Waals surface area contributed by atoms with Gasteiger partial charge in [-0.05, 0) is 50.2 Å². The molecular formula is C15H24N2. The summed E-state index contributed by atoms with van der Waals surface area (Å²) in [5.74, 6) is 6.50. The molecule has 2 heteroatoms. The second-order valence-corrected chi connectivity index (χ2v) is 5.45. The lowest BCUT2D eigenvalue weighted by atomic mass is 9.90. The van der Waals surface area contributed by atoms with Crippen LogP contribution in [0, 0.1) is 19.8 Å². The molecule has 1 saturated carbocycles. The zero-order valence-corrected chi connectivity index (χ0v) is 11.0. The third kappa shape index (κ3) is 3.08. The van der Waals surface area contributed by atoms with Crippen molar-refractivity contribution in [1.29, 1.82) is 0 Å². The molecular weight excluding hydrogens is 208 g/mol. The quantitative estimate of drug-likeness (QED) is 0.619.